The Bertz CT molecular complexity index is 771. The van der Waals surface area contributed by atoms with Crippen molar-refractivity contribution in [1.29, 1.82) is 0 Å². The Morgan fingerprint density at radius 3 is 3.00 bits per heavy atom. The lowest BCUT2D eigenvalue weighted by molar-refractivity contribution is 0.474. The van der Waals surface area contributed by atoms with Crippen molar-refractivity contribution < 1.29 is 4.39 Å². The highest BCUT2D eigenvalue weighted by atomic mass is 35.5. The van der Waals surface area contributed by atoms with E-state index in [0.29, 0.717) is 18.1 Å². The molecule has 22 heavy (non-hydrogen) atoms. The maximum atomic E-state index is 12.4. The lowest BCUT2D eigenvalue weighted by Crippen LogP contribution is -1.99. The summed E-state index contributed by atoms with van der Waals surface area (Å²) in [5, 5.41) is 6.83. The fourth-order valence-electron chi connectivity index (χ4n) is 2.30. The number of fused-ring (bicyclic) bond motifs is 1. The van der Waals surface area contributed by atoms with Gasteiger partial charge in [-0.2, -0.15) is 0 Å². The number of aromatic nitrogens is 2. The van der Waals surface area contributed by atoms with Crippen molar-refractivity contribution in [3.05, 3.63) is 38.2 Å². The molecule has 0 amide bonds. The van der Waals surface area contributed by atoms with Crippen LogP contribution in [0.4, 0.5) is 10.1 Å². The van der Waals surface area contributed by atoms with Crippen LogP contribution in [0.5, 0.6) is 0 Å². The van der Waals surface area contributed by atoms with E-state index in [1.165, 1.54) is 4.88 Å². The highest BCUT2D eigenvalue weighted by molar-refractivity contribution is 7.19. The first-order valence-electron chi connectivity index (χ1n) is 6.95. The molecule has 0 aromatic carbocycles. The van der Waals surface area contributed by atoms with Gasteiger partial charge in [-0.15, -0.1) is 22.7 Å². The quantitative estimate of drug-likeness (QED) is 0.615. The number of anilines is 1. The molecule has 0 unspecified atom stereocenters. The van der Waals surface area contributed by atoms with E-state index in [9.17, 15) is 4.39 Å². The van der Waals surface area contributed by atoms with Crippen molar-refractivity contribution in [3.63, 3.8) is 0 Å². The molecule has 0 aliphatic carbocycles. The molecule has 0 saturated carbocycles. The smallest absolute Gasteiger partial charge is 0.131 e. The Morgan fingerprint density at radius 2 is 2.27 bits per heavy atom. The van der Waals surface area contributed by atoms with E-state index in [2.05, 4.69) is 15.3 Å². The van der Waals surface area contributed by atoms with Crippen molar-refractivity contribution >= 4 is 50.2 Å². The minimum Gasteiger partial charge on any atom is -0.377 e. The first-order chi connectivity index (χ1) is 10.7. The highest BCUT2D eigenvalue weighted by Gasteiger charge is 2.14. The van der Waals surface area contributed by atoms with Crippen LogP contribution < -0.4 is 5.32 Å². The van der Waals surface area contributed by atoms with Gasteiger partial charge in [0.2, 0.25) is 0 Å². The number of pyridine rings is 1. The molecule has 7 heteroatoms. The lowest BCUT2D eigenvalue weighted by atomic mass is 10.1. The van der Waals surface area contributed by atoms with E-state index in [4.69, 9.17) is 11.6 Å². The summed E-state index contributed by atoms with van der Waals surface area (Å²) >= 11 is 9.43. The van der Waals surface area contributed by atoms with Gasteiger partial charge in [-0.05, 0) is 25.3 Å². The number of hydrogen-bond donors (Lipinski definition) is 1. The SMILES string of the molecule is Cc1c(CCCF)sc2c(NCc3nccs3)cc(Cl)nc12. The van der Waals surface area contributed by atoms with Crippen molar-refractivity contribution in [3.8, 4) is 0 Å². The topological polar surface area (TPSA) is 37.8 Å². The Hall–Kier alpha value is -1.24. The molecular formula is C15H15ClFN3S2. The van der Waals surface area contributed by atoms with Gasteiger partial charge in [-0.1, -0.05) is 11.6 Å². The second kappa shape index (κ2) is 6.89. The third kappa shape index (κ3) is 3.24. The number of thiophene rings is 1. The van der Waals surface area contributed by atoms with Gasteiger partial charge < -0.3 is 5.32 Å². The summed E-state index contributed by atoms with van der Waals surface area (Å²) in [5.74, 6) is 0. The minimum absolute atomic E-state index is 0.295. The summed E-state index contributed by atoms with van der Waals surface area (Å²) < 4.78 is 13.5. The molecule has 1 N–H and O–H groups in total. The largest absolute Gasteiger partial charge is 0.377 e. The van der Waals surface area contributed by atoms with E-state index in [1.54, 1.807) is 28.9 Å². The molecule has 116 valence electrons. The number of aryl methyl sites for hydroxylation is 2. The monoisotopic (exact) mass is 355 g/mol. The van der Waals surface area contributed by atoms with E-state index in [0.717, 1.165) is 32.9 Å². The van der Waals surface area contributed by atoms with Gasteiger partial charge in [-0.3, -0.25) is 4.39 Å². The number of nitrogens with one attached hydrogen (secondary N) is 1. The summed E-state index contributed by atoms with van der Waals surface area (Å²) in [6.45, 7) is 2.39. The number of nitrogens with zero attached hydrogens (tertiary/aromatic N) is 2. The zero-order chi connectivity index (χ0) is 15.5. The summed E-state index contributed by atoms with van der Waals surface area (Å²) in [7, 11) is 0. The molecule has 3 nitrogen and oxygen atoms in total. The first kappa shape index (κ1) is 15.6. The predicted octanol–water partition coefficient (Wildman–Crippen LogP) is 5.23. The van der Waals surface area contributed by atoms with Gasteiger partial charge in [0.1, 0.15) is 10.2 Å². The van der Waals surface area contributed by atoms with Gasteiger partial charge in [0, 0.05) is 22.5 Å². The van der Waals surface area contributed by atoms with E-state index >= 15 is 0 Å². The van der Waals surface area contributed by atoms with Crippen LogP contribution in [-0.2, 0) is 13.0 Å². The summed E-state index contributed by atoms with van der Waals surface area (Å²) in [6.07, 6.45) is 3.08. The second-order valence-electron chi connectivity index (χ2n) is 4.89. The number of halogens is 2. The van der Waals surface area contributed by atoms with Crippen LogP contribution in [0.3, 0.4) is 0 Å². The number of rotatable bonds is 6. The van der Waals surface area contributed by atoms with Crippen LogP contribution in [0.1, 0.15) is 21.9 Å². The number of thiazole rings is 1. The fraction of sp³-hybridized carbons (Fsp3) is 0.333. The minimum atomic E-state index is -0.295. The molecule has 0 radical (unpaired) electrons. The maximum absolute atomic E-state index is 12.4. The van der Waals surface area contributed by atoms with Crippen molar-refractivity contribution in [1.82, 2.24) is 9.97 Å². The Balaban J connectivity index is 1.94. The van der Waals surface area contributed by atoms with Crippen LogP contribution in [0.2, 0.25) is 5.15 Å². The van der Waals surface area contributed by atoms with Gasteiger partial charge in [0.15, 0.2) is 0 Å². The van der Waals surface area contributed by atoms with E-state index < -0.39 is 0 Å². The Morgan fingerprint density at radius 1 is 1.41 bits per heavy atom. The summed E-state index contributed by atoms with van der Waals surface area (Å²) in [5.41, 5.74) is 2.98. The third-order valence-electron chi connectivity index (χ3n) is 3.39. The maximum Gasteiger partial charge on any atom is 0.131 e. The fourth-order valence-corrected chi connectivity index (χ4v) is 4.33. The molecule has 3 aromatic rings. The first-order valence-corrected chi connectivity index (χ1v) is 9.03. The Kier molecular flexibility index (Phi) is 4.90. The molecule has 0 aliphatic heterocycles. The summed E-state index contributed by atoms with van der Waals surface area (Å²) in [4.78, 5) is 9.89. The van der Waals surface area contributed by atoms with Crippen molar-refractivity contribution in [2.24, 2.45) is 0 Å². The molecule has 0 bridgehead atoms. The average molecular weight is 356 g/mol. The van der Waals surface area contributed by atoms with Gasteiger partial charge in [0.25, 0.3) is 0 Å². The molecular weight excluding hydrogens is 341 g/mol. The van der Waals surface area contributed by atoms with Crippen molar-refractivity contribution in [2.45, 2.75) is 26.3 Å². The molecule has 0 fully saturated rings. The van der Waals surface area contributed by atoms with Crippen LogP contribution >= 0.6 is 34.3 Å². The second-order valence-corrected chi connectivity index (χ2v) is 7.36. The van der Waals surface area contributed by atoms with Gasteiger partial charge >= 0.3 is 0 Å². The molecule has 0 aliphatic rings. The Labute approximate surface area is 141 Å². The lowest BCUT2D eigenvalue weighted by Gasteiger charge is -2.06. The zero-order valence-electron chi connectivity index (χ0n) is 12.0. The molecule has 3 rings (SSSR count). The normalized spacial score (nSPS) is 11.2. The average Bonchev–Trinajstić information content (AvgIpc) is 3.12. The van der Waals surface area contributed by atoms with Crippen LogP contribution in [0.15, 0.2) is 17.6 Å². The number of alkyl halides is 1. The summed E-state index contributed by atoms with van der Waals surface area (Å²) in [6, 6.07) is 1.84. The molecule has 0 spiro atoms. The van der Waals surface area contributed by atoms with Gasteiger partial charge in [-0.25, -0.2) is 9.97 Å². The van der Waals surface area contributed by atoms with E-state index in [1.807, 2.05) is 18.4 Å². The van der Waals surface area contributed by atoms with Crippen LogP contribution in [0, 0.1) is 6.92 Å². The van der Waals surface area contributed by atoms with E-state index in [-0.39, 0.29) is 6.67 Å². The van der Waals surface area contributed by atoms with Crippen molar-refractivity contribution in [2.75, 3.05) is 12.0 Å². The van der Waals surface area contributed by atoms with Crippen LogP contribution in [0.25, 0.3) is 10.2 Å². The number of hydrogen-bond acceptors (Lipinski definition) is 5. The predicted molar refractivity (Wildman–Crippen MR) is 93.1 cm³/mol. The molecule has 3 aromatic heterocycles. The highest BCUT2D eigenvalue weighted by Crippen LogP contribution is 2.37. The third-order valence-corrected chi connectivity index (χ3v) is 5.74. The van der Waals surface area contributed by atoms with Crippen LogP contribution in [-0.4, -0.2) is 16.6 Å². The van der Waals surface area contributed by atoms with Gasteiger partial charge in [0.05, 0.1) is 29.1 Å². The molecule has 0 atom stereocenters. The molecule has 3 heterocycles. The zero-order valence-corrected chi connectivity index (χ0v) is 14.4. The standard InChI is InChI=1S/C15H15ClFN3S2/c1-9-11(3-2-4-17)22-15-10(7-12(16)20-14(9)15)19-8-13-18-5-6-21-13/h5-7H,2-4,8H2,1H3,(H,19,20). The molecule has 0 saturated heterocycles.